The van der Waals surface area contributed by atoms with Crippen LogP contribution < -0.4 is 0 Å². The fourth-order valence-corrected chi connectivity index (χ4v) is 1.84. The van der Waals surface area contributed by atoms with E-state index in [0.717, 1.165) is 0 Å². The molecule has 0 saturated carbocycles. The lowest BCUT2D eigenvalue weighted by molar-refractivity contribution is -0.154. The molecule has 4 nitrogen and oxygen atoms in total. The van der Waals surface area contributed by atoms with Gasteiger partial charge < -0.3 is 9.64 Å². The van der Waals surface area contributed by atoms with Crippen LogP contribution in [0, 0.1) is 11.3 Å². The minimum atomic E-state index is -0.673. The fourth-order valence-electron chi connectivity index (χ4n) is 1.68. The van der Waals surface area contributed by atoms with Gasteiger partial charge in [0.2, 0.25) is 5.91 Å². The van der Waals surface area contributed by atoms with E-state index >= 15 is 0 Å². The van der Waals surface area contributed by atoms with Gasteiger partial charge in [0.25, 0.3) is 0 Å². The number of esters is 1. The highest BCUT2D eigenvalue weighted by atomic mass is 35.5. The minimum absolute atomic E-state index is 0.0322. The number of hydrogen-bond acceptors (Lipinski definition) is 3. The maximum absolute atomic E-state index is 12.2. The van der Waals surface area contributed by atoms with Crippen molar-refractivity contribution in [2.45, 2.75) is 46.0 Å². The van der Waals surface area contributed by atoms with Gasteiger partial charge in [-0.2, -0.15) is 0 Å². The lowest BCUT2D eigenvalue weighted by Gasteiger charge is -2.33. The molecule has 1 amide bonds. The van der Waals surface area contributed by atoms with Crippen LogP contribution in [0.1, 0.15) is 34.6 Å². The van der Waals surface area contributed by atoms with E-state index in [1.165, 1.54) is 12.0 Å². The molecule has 0 heterocycles. The van der Waals surface area contributed by atoms with Gasteiger partial charge in [-0.05, 0) is 11.3 Å². The molecule has 0 spiro atoms. The second kappa shape index (κ2) is 6.41. The molecular weight excluding hydrogens is 254 g/mol. The fraction of sp³-hybridized carbons (Fsp3) is 0.846. The molecule has 0 aliphatic carbocycles. The zero-order valence-corrected chi connectivity index (χ0v) is 13.0. The number of nitrogens with zero attached hydrogens (tertiary/aromatic N) is 1. The van der Waals surface area contributed by atoms with Crippen LogP contribution in [0.5, 0.6) is 0 Å². The number of halogens is 1. The predicted octanol–water partition coefficient (Wildman–Crippen LogP) is 2.30. The molecule has 0 fully saturated rings. The minimum Gasteiger partial charge on any atom is -0.467 e. The van der Waals surface area contributed by atoms with Crippen LogP contribution in [-0.4, -0.2) is 42.4 Å². The first-order valence-electron chi connectivity index (χ1n) is 6.02. The molecule has 0 aliphatic heterocycles. The largest absolute Gasteiger partial charge is 0.467 e. The molecule has 2 atom stereocenters. The summed E-state index contributed by atoms with van der Waals surface area (Å²) in [4.78, 5) is 25.3. The van der Waals surface area contributed by atoms with E-state index in [2.05, 4.69) is 0 Å². The molecule has 0 aromatic carbocycles. The Labute approximate surface area is 115 Å². The molecule has 0 bridgehead atoms. The number of hydrogen-bond donors (Lipinski definition) is 0. The van der Waals surface area contributed by atoms with Crippen molar-refractivity contribution >= 4 is 23.5 Å². The summed E-state index contributed by atoms with van der Waals surface area (Å²) in [6, 6.07) is -0.605. The van der Waals surface area contributed by atoms with E-state index in [9.17, 15) is 9.59 Å². The van der Waals surface area contributed by atoms with Crippen LogP contribution in [0.25, 0.3) is 0 Å². The molecule has 5 heteroatoms. The molecule has 1 unspecified atom stereocenters. The van der Waals surface area contributed by atoms with Gasteiger partial charge >= 0.3 is 5.97 Å². The Bertz CT molecular complexity index is 310. The average Bonchev–Trinajstić information content (AvgIpc) is 2.24. The van der Waals surface area contributed by atoms with Crippen LogP contribution in [0.4, 0.5) is 0 Å². The zero-order chi connectivity index (χ0) is 14.7. The molecule has 0 aliphatic rings. The van der Waals surface area contributed by atoms with Crippen molar-refractivity contribution in [3.8, 4) is 0 Å². The van der Waals surface area contributed by atoms with Gasteiger partial charge in [0.1, 0.15) is 11.4 Å². The first-order valence-corrected chi connectivity index (χ1v) is 6.46. The Morgan fingerprint density at radius 2 is 1.67 bits per heavy atom. The quantitative estimate of drug-likeness (QED) is 0.585. The van der Waals surface area contributed by atoms with E-state index in [-0.39, 0.29) is 17.2 Å². The lowest BCUT2D eigenvalue weighted by Crippen LogP contribution is -2.50. The van der Waals surface area contributed by atoms with Gasteiger partial charge in [0.15, 0.2) is 0 Å². The molecular formula is C13H24ClNO3. The summed E-state index contributed by atoms with van der Waals surface area (Å²) in [6.45, 7) is 9.40. The van der Waals surface area contributed by atoms with Crippen molar-refractivity contribution < 1.29 is 14.3 Å². The molecule has 0 N–H and O–H groups in total. The summed E-state index contributed by atoms with van der Waals surface area (Å²) in [5, 5.41) is -0.673. The van der Waals surface area contributed by atoms with Crippen molar-refractivity contribution in [1.29, 1.82) is 0 Å². The van der Waals surface area contributed by atoms with Crippen molar-refractivity contribution in [2.75, 3.05) is 14.2 Å². The summed E-state index contributed by atoms with van der Waals surface area (Å²) in [7, 11) is 2.91. The molecule has 18 heavy (non-hydrogen) atoms. The molecule has 106 valence electrons. The SMILES string of the molecule is COC(=O)[C@H](C(C)C)N(C)C(=O)C(Cl)C(C)(C)C. The number of ether oxygens (including phenoxy) is 1. The Balaban J connectivity index is 5.05. The summed E-state index contributed by atoms with van der Waals surface area (Å²) in [5.41, 5.74) is -0.357. The van der Waals surface area contributed by atoms with E-state index < -0.39 is 17.4 Å². The normalized spacial score (nSPS) is 15.2. The van der Waals surface area contributed by atoms with Gasteiger partial charge in [0, 0.05) is 7.05 Å². The zero-order valence-electron chi connectivity index (χ0n) is 12.3. The first kappa shape index (κ1) is 17.2. The molecule has 0 rings (SSSR count). The van der Waals surface area contributed by atoms with Gasteiger partial charge in [-0.15, -0.1) is 11.6 Å². The smallest absolute Gasteiger partial charge is 0.328 e. The van der Waals surface area contributed by atoms with Crippen LogP contribution in [-0.2, 0) is 14.3 Å². The predicted molar refractivity (Wildman–Crippen MR) is 72.5 cm³/mol. The molecule has 0 aromatic rings. The van der Waals surface area contributed by atoms with Crippen molar-refractivity contribution in [2.24, 2.45) is 11.3 Å². The van der Waals surface area contributed by atoms with Crippen molar-refractivity contribution in [1.82, 2.24) is 4.90 Å². The monoisotopic (exact) mass is 277 g/mol. The number of likely N-dealkylation sites (N-methyl/N-ethyl adjacent to an activating group) is 1. The number of carbonyl (C=O) groups is 2. The van der Waals surface area contributed by atoms with E-state index in [0.29, 0.717) is 0 Å². The lowest BCUT2D eigenvalue weighted by atomic mass is 9.90. The number of rotatable bonds is 4. The highest BCUT2D eigenvalue weighted by Gasteiger charge is 2.37. The Morgan fingerprint density at radius 1 is 1.22 bits per heavy atom. The summed E-state index contributed by atoms with van der Waals surface area (Å²) in [5.74, 6) is -0.706. The van der Waals surface area contributed by atoms with E-state index in [1.807, 2.05) is 34.6 Å². The Hall–Kier alpha value is -0.770. The third-order valence-electron chi connectivity index (χ3n) is 2.82. The summed E-state index contributed by atoms with van der Waals surface area (Å²) in [6.07, 6.45) is 0. The molecule has 0 radical (unpaired) electrons. The standard InChI is InChI=1S/C13H24ClNO3/c1-8(2)9(12(17)18-7)15(6)11(16)10(14)13(3,4)5/h8-10H,1-7H3/t9-,10?/m0/s1. The third-order valence-corrected chi connectivity index (χ3v) is 3.66. The van der Waals surface area contributed by atoms with E-state index in [1.54, 1.807) is 7.05 Å². The second-order valence-electron chi connectivity index (χ2n) is 5.89. The van der Waals surface area contributed by atoms with Crippen LogP contribution in [0.2, 0.25) is 0 Å². The molecule has 0 saturated heterocycles. The van der Waals surface area contributed by atoms with Gasteiger partial charge in [-0.25, -0.2) is 4.79 Å². The van der Waals surface area contributed by atoms with Crippen LogP contribution in [0.3, 0.4) is 0 Å². The topological polar surface area (TPSA) is 46.6 Å². The molecule has 0 aromatic heterocycles. The van der Waals surface area contributed by atoms with Crippen molar-refractivity contribution in [3.05, 3.63) is 0 Å². The van der Waals surface area contributed by atoms with Gasteiger partial charge in [-0.1, -0.05) is 34.6 Å². The maximum atomic E-state index is 12.2. The number of alkyl halides is 1. The second-order valence-corrected chi connectivity index (χ2v) is 6.33. The van der Waals surface area contributed by atoms with Crippen LogP contribution >= 0.6 is 11.6 Å². The van der Waals surface area contributed by atoms with Gasteiger partial charge in [-0.3, -0.25) is 4.79 Å². The summed E-state index contributed by atoms with van der Waals surface area (Å²) >= 11 is 6.16. The average molecular weight is 278 g/mol. The summed E-state index contributed by atoms with van der Waals surface area (Å²) < 4.78 is 4.73. The van der Waals surface area contributed by atoms with Crippen molar-refractivity contribution in [3.63, 3.8) is 0 Å². The Morgan fingerprint density at radius 3 is 1.94 bits per heavy atom. The number of carbonyl (C=O) groups excluding carboxylic acids is 2. The Kier molecular flexibility index (Phi) is 6.14. The highest BCUT2D eigenvalue weighted by molar-refractivity contribution is 6.31. The maximum Gasteiger partial charge on any atom is 0.328 e. The number of methoxy groups -OCH3 is 1. The van der Waals surface area contributed by atoms with E-state index in [4.69, 9.17) is 16.3 Å². The first-order chi connectivity index (χ1) is 8.03. The van der Waals surface area contributed by atoms with Crippen LogP contribution in [0.15, 0.2) is 0 Å². The highest BCUT2D eigenvalue weighted by Crippen LogP contribution is 2.27. The van der Waals surface area contributed by atoms with Gasteiger partial charge in [0.05, 0.1) is 7.11 Å². The number of amides is 1. The third kappa shape index (κ3) is 4.16.